The van der Waals surface area contributed by atoms with E-state index in [0.29, 0.717) is 4.90 Å². The van der Waals surface area contributed by atoms with Crippen LogP contribution >= 0.6 is 0 Å². The normalized spacial score (nSPS) is 13.2. The van der Waals surface area contributed by atoms with Gasteiger partial charge in [-0.05, 0) is 44.8 Å². The Labute approximate surface area is 80.6 Å². The van der Waals surface area contributed by atoms with Crippen LogP contribution in [0.25, 0.3) is 0 Å². The van der Waals surface area contributed by atoms with E-state index in [0.717, 1.165) is 5.56 Å². The van der Waals surface area contributed by atoms with Crippen LogP contribution in [0.5, 0.6) is 5.75 Å². The van der Waals surface area contributed by atoms with Crippen molar-refractivity contribution >= 4 is 11.0 Å². The van der Waals surface area contributed by atoms with E-state index in [-0.39, 0.29) is 5.75 Å². The highest BCUT2D eigenvalue weighted by molar-refractivity contribution is 7.82. The SMILES string of the molecule is Cc1cc(S(=O)N(C)C)ccc1O. The molecule has 0 bridgehead atoms. The van der Waals surface area contributed by atoms with Crippen LogP contribution in [0.2, 0.25) is 0 Å². The van der Waals surface area contributed by atoms with Gasteiger partial charge < -0.3 is 5.11 Å². The van der Waals surface area contributed by atoms with Crippen molar-refractivity contribution in [2.45, 2.75) is 11.8 Å². The molecule has 13 heavy (non-hydrogen) atoms. The van der Waals surface area contributed by atoms with Gasteiger partial charge in [0.05, 0.1) is 4.90 Å². The van der Waals surface area contributed by atoms with E-state index < -0.39 is 11.0 Å². The fourth-order valence-corrected chi connectivity index (χ4v) is 1.83. The van der Waals surface area contributed by atoms with Crippen molar-refractivity contribution in [2.24, 2.45) is 0 Å². The lowest BCUT2D eigenvalue weighted by Gasteiger charge is -2.09. The van der Waals surface area contributed by atoms with Crippen LogP contribution in [-0.4, -0.2) is 27.7 Å². The molecule has 0 aliphatic rings. The first-order chi connectivity index (χ1) is 6.02. The Hall–Kier alpha value is -0.870. The summed E-state index contributed by atoms with van der Waals surface area (Å²) in [5.74, 6) is 0.236. The van der Waals surface area contributed by atoms with E-state index in [1.807, 2.05) is 0 Å². The molecule has 0 saturated heterocycles. The fourth-order valence-electron chi connectivity index (χ4n) is 0.947. The van der Waals surface area contributed by atoms with Gasteiger partial charge in [0, 0.05) is 0 Å². The standard InChI is InChI=1S/C9H13NO2S/c1-7-6-8(4-5-9(7)11)13(12)10(2)3/h4-6,11H,1-3H3. The lowest BCUT2D eigenvalue weighted by Crippen LogP contribution is -2.15. The monoisotopic (exact) mass is 199 g/mol. The van der Waals surface area contributed by atoms with Crippen molar-refractivity contribution in [1.82, 2.24) is 4.31 Å². The average molecular weight is 199 g/mol. The molecule has 0 aromatic heterocycles. The van der Waals surface area contributed by atoms with Gasteiger partial charge in [-0.3, -0.25) is 0 Å². The Morgan fingerprint density at radius 3 is 2.46 bits per heavy atom. The Balaban J connectivity index is 3.04. The number of rotatable bonds is 2. The summed E-state index contributed by atoms with van der Waals surface area (Å²) in [5.41, 5.74) is 0.743. The smallest absolute Gasteiger partial charge is 0.127 e. The highest BCUT2D eigenvalue weighted by Gasteiger charge is 2.07. The summed E-state index contributed by atoms with van der Waals surface area (Å²) in [6, 6.07) is 4.95. The maximum atomic E-state index is 11.6. The summed E-state index contributed by atoms with van der Waals surface area (Å²) in [6.45, 7) is 1.78. The highest BCUT2D eigenvalue weighted by atomic mass is 32.2. The zero-order valence-corrected chi connectivity index (χ0v) is 8.76. The molecule has 1 rings (SSSR count). The predicted molar refractivity (Wildman–Crippen MR) is 52.9 cm³/mol. The third kappa shape index (κ3) is 2.29. The Bertz CT molecular complexity index is 336. The van der Waals surface area contributed by atoms with E-state index in [1.54, 1.807) is 43.5 Å². The molecule has 1 aromatic rings. The summed E-state index contributed by atoms with van der Waals surface area (Å²) < 4.78 is 13.2. The first-order valence-corrected chi connectivity index (χ1v) is 5.02. The Morgan fingerprint density at radius 1 is 1.38 bits per heavy atom. The molecule has 4 heteroatoms. The minimum atomic E-state index is -1.13. The molecule has 0 radical (unpaired) electrons. The van der Waals surface area contributed by atoms with Gasteiger partial charge >= 0.3 is 0 Å². The molecule has 3 nitrogen and oxygen atoms in total. The van der Waals surface area contributed by atoms with Gasteiger partial charge in [-0.25, -0.2) is 8.51 Å². The first-order valence-electron chi connectivity index (χ1n) is 3.91. The maximum absolute atomic E-state index is 11.6. The minimum Gasteiger partial charge on any atom is -0.508 e. The summed E-state index contributed by atoms with van der Waals surface area (Å²) >= 11 is 0. The van der Waals surface area contributed by atoms with Gasteiger partial charge in [0.2, 0.25) is 0 Å². The number of nitrogens with zero attached hydrogens (tertiary/aromatic N) is 1. The van der Waals surface area contributed by atoms with E-state index in [4.69, 9.17) is 0 Å². The number of hydrogen-bond donors (Lipinski definition) is 1. The van der Waals surface area contributed by atoms with Crippen LogP contribution in [0, 0.1) is 6.92 Å². The second-order valence-electron chi connectivity index (χ2n) is 3.01. The summed E-state index contributed by atoms with van der Waals surface area (Å²) in [4.78, 5) is 0.709. The van der Waals surface area contributed by atoms with Crippen LogP contribution in [0.15, 0.2) is 23.1 Å². The number of benzene rings is 1. The quantitative estimate of drug-likeness (QED) is 0.779. The third-order valence-corrected chi connectivity index (χ3v) is 3.02. The van der Waals surface area contributed by atoms with Crippen molar-refractivity contribution in [2.75, 3.05) is 14.1 Å². The van der Waals surface area contributed by atoms with E-state index in [1.165, 1.54) is 0 Å². The number of aromatic hydroxyl groups is 1. The Kier molecular flexibility index (Phi) is 3.06. The van der Waals surface area contributed by atoms with Gasteiger partial charge in [-0.1, -0.05) is 0 Å². The van der Waals surface area contributed by atoms with Crippen LogP contribution in [-0.2, 0) is 11.0 Å². The molecule has 0 fully saturated rings. The molecule has 1 aromatic carbocycles. The zero-order valence-electron chi connectivity index (χ0n) is 7.94. The van der Waals surface area contributed by atoms with Crippen molar-refractivity contribution in [3.05, 3.63) is 23.8 Å². The summed E-state index contributed by atoms with van der Waals surface area (Å²) in [7, 11) is 2.37. The molecule has 1 unspecified atom stereocenters. The maximum Gasteiger partial charge on any atom is 0.127 e. The lowest BCUT2D eigenvalue weighted by molar-refractivity contribution is 0.470. The average Bonchev–Trinajstić information content (AvgIpc) is 2.08. The molecule has 0 spiro atoms. The molecular weight excluding hydrogens is 186 g/mol. The van der Waals surface area contributed by atoms with Gasteiger partial charge in [0.15, 0.2) is 0 Å². The lowest BCUT2D eigenvalue weighted by atomic mass is 10.2. The van der Waals surface area contributed by atoms with Gasteiger partial charge in [0.1, 0.15) is 16.7 Å². The third-order valence-electron chi connectivity index (χ3n) is 1.70. The van der Waals surface area contributed by atoms with Gasteiger partial charge in [-0.2, -0.15) is 0 Å². The topological polar surface area (TPSA) is 40.5 Å². The van der Waals surface area contributed by atoms with Gasteiger partial charge in [-0.15, -0.1) is 0 Å². The van der Waals surface area contributed by atoms with E-state index in [2.05, 4.69) is 0 Å². The van der Waals surface area contributed by atoms with Crippen molar-refractivity contribution in [3.8, 4) is 5.75 Å². The molecule has 0 aliphatic heterocycles. The van der Waals surface area contributed by atoms with Crippen molar-refractivity contribution < 1.29 is 9.32 Å². The molecular formula is C9H13NO2S. The zero-order chi connectivity index (χ0) is 10.0. The molecule has 72 valence electrons. The first kappa shape index (κ1) is 10.2. The molecule has 0 heterocycles. The largest absolute Gasteiger partial charge is 0.508 e. The van der Waals surface area contributed by atoms with Crippen LogP contribution < -0.4 is 0 Å². The van der Waals surface area contributed by atoms with Gasteiger partial charge in [0.25, 0.3) is 0 Å². The second-order valence-corrected chi connectivity index (χ2v) is 4.71. The molecule has 0 saturated carbocycles. The Morgan fingerprint density at radius 2 is 2.00 bits per heavy atom. The number of hydrogen-bond acceptors (Lipinski definition) is 2. The number of aryl methyl sites for hydroxylation is 1. The van der Waals surface area contributed by atoms with Crippen molar-refractivity contribution in [1.29, 1.82) is 0 Å². The fraction of sp³-hybridized carbons (Fsp3) is 0.333. The molecule has 0 amide bonds. The second kappa shape index (κ2) is 3.89. The number of phenols is 1. The summed E-state index contributed by atoms with van der Waals surface area (Å²) in [6.07, 6.45) is 0. The highest BCUT2D eigenvalue weighted by Crippen LogP contribution is 2.19. The molecule has 0 aliphatic carbocycles. The number of phenolic OH excluding ortho intramolecular Hbond substituents is 1. The minimum absolute atomic E-state index is 0.236. The molecule has 1 atom stereocenters. The van der Waals surface area contributed by atoms with E-state index in [9.17, 15) is 9.32 Å². The van der Waals surface area contributed by atoms with Crippen LogP contribution in [0.3, 0.4) is 0 Å². The van der Waals surface area contributed by atoms with Crippen LogP contribution in [0.1, 0.15) is 5.56 Å². The summed E-state index contributed by atoms with van der Waals surface area (Å²) in [5, 5.41) is 9.25. The van der Waals surface area contributed by atoms with Crippen molar-refractivity contribution in [3.63, 3.8) is 0 Å². The molecule has 1 N–H and O–H groups in total. The predicted octanol–water partition coefficient (Wildman–Crippen LogP) is 1.28. The van der Waals surface area contributed by atoms with E-state index >= 15 is 0 Å². The van der Waals surface area contributed by atoms with Crippen LogP contribution in [0.4, 0.5) is 0 Å².